The normalized spacial score (nSPS) is 10.4. The molecule has 0 aromatic heterocycles. The van der Waals surface area contributed by atoms with Gasteiger partial charge in [0.05, 0.1) is 28.7 Å². The summed E-state index contributed by atoms with van der Waals surface area (Å²) in [4.78, 5) is 22.8. The number of hydrogen-bond donors (Lipinski definition) is 1. The van der Waals surface area contributed by atoms with Crippen LogP contribution < -0.4 is 14.8 Å². The summed E-state index contributed by atoms with van der Waals surface area (Å²) in [7, 11) is 1.38. The predicted molar refractivity (Wildman–Crippen MR) is 94.8 cm³/mol. The lowest BCUT2D eigenvalue weighted by molar-refractivity contribution is -0.384. The lowest BCUT2D eigenvalue weighted by Gasteiger charge is -2.13. The van der Waals surface area contributed by atoms with Crippen LogP contribution in [0.4, 0.5) is 11.4 Å². The second kappa shape index (κ2) is 7.85. The number of carbonyl (C=O) groups excluding carboxylic acids is 1. The van der Waals surface area contributed by atoms with Crippen LogP contribution >= 0.6 is 11.6 Å². The van der Waals surface area contributed by atoms with E-state index in [-0.39, 0.29) is 23.1 Å². The number of carbonyl (C=O) groups is 1. The molecule has 0 aliphatic rings. The number of hydrogen-bond acceptors (Lipinski definition) is 5. The standard InChI is InChI=1S/C17H17ClN2O5/c1-10(2)25-16-6-4-11(8-14(16)18)19-17(21)13-9-12(20(22)23)5-7-15(13)24-3/h4-10H,1-3H3,(H,19,21). The van der Waals surface area contributed by atoms with Gasteiger partial charge in [-0.15, -0.1) is 0 Å². The van der Waals surface area contributed by atoms with Gasteiger partial charge in [0.2, 0.25) is 0 Å². The van der Waals surface area contributed by atoms with Gasteiger partial charge in [-0.1, -0.05) is 11.6 Å². The first-order valence-corrected chi connectivity index (χ1v) is 7.79. The van der Waals surface area contributed by atoms with Crippen molar-refractivity contribution in [3.05, 3.63) is 57.1 Å². The van der Waals surface area contributed by atoms with E-state index in [2.05, 4.69) is 5.32 Å². The number of amides is 1. The Labute approximate surface area is 149 Å². The van der Waals surface area contributed by atoms with E-state index in [4.69, 9.17) is 21.1 Å². The molecular formula is C17H17ClN2O5. The Morgan fingerprint density at radius 3 is 2.44 bits per heavy atom. The van der Waals surface area contributed by atoms with Crippen LogP contribution in [0.15, 0.2) is 36.4 Å². The number of halogens is 1. The van der Waals surface area contributed by atoms with E-state index in [1.54, 1.807) is 18.2 Å². The number of non-ortho nitro benzene ring substituents is 1. The molecule has 2 aromatic rings. The van der Waals surface area contributed by atoms with Crippen LogP contribution in [0.1, 0.15) is 24.2 Å². The van der Waals surface area contributed by atoms with E-state index in [1.807, 2.05) is 13.8 Å². The van der Waals surface area contributed by atoms with Crippen LogP contribution in [0, 0.1) is 10.1 Å². The zero-order valence-electron chi connectivity index (χ0n) is 13.9. The second-order valence-electron chi connectivity index (χ2n) is 5.41. The van der Waals surface area contributed by atoms with Gasteiger partial charge in [0.15, 0.2) is 0 Å². The third-order valence-corrected chi connectivity index (χ3v) is 3.49. The third kappa shape index (κ3) is 4.60. The molecule has 1 N–H and O–H groups in total. The molecule has 0 saturated heterocycles. The van der Waals surface area contributed by atoms with E-state index in [0.29, 0.717) is 16.5 Å². The average Bonchev–Trinajstić information content (AvgIpc) is 2.56. The number of rotatable bonds is 6. The highest BCUT2D eigenvalue weighted by molar-refractivity contribution is 6.32. The van der Waals surface area contributed by atoms with Crippen LogP contribution in [0.3, 0.4) is 0 Å². The molecule has 0 radical (unpaired) electrons. The lowest BCUT2D eigenvalue weighted by Crippen LogP contribution is -2.14. The molecule has 132 valence electrons. The first-order chi connectivity index (χ1) is 11.8. The summed E-state index contributed by atoms with van der Waals surface area (Å²) in [6.07, 6.45) is -0.0351. The molecule has 7 nitrogen and oxygen atoms in total. The van der Waals surface area contributed by atoms with E-state index >= 15 is 0 Å². The van der Waals surface area contributed by atoms with Crippen LogP contribution in [0.5, 0.6) is 11.5 Å². The smallest absolute Gasteiger partial charge is 0.270 e. The summed E-state index contributed by atoms with van der Waals surface area (Å²) in [5.41, 5.74) is 0.277. The molecule has 2 aromatic carbocycles. The van der Waals surface area contributed by atoms with Crippen molar-refractivity contribution in [2.24, 2.45) is 0 Å². The quantitative estimate of drug-likeness (QED) is 0.609. The van der Waals surface area contributed by atoms with Crippen molar-refractivity contribution >= 4 is 28.9 Å². The number of anilines is 1. The molecule has 1 amide bonds. The third-order valence-electron chi connectivity index (χ3n) is 3.19. The highest BCUT2D eigenvalue weighted by atomic mass is 35.5. The first kappa shape index (κ1) is 18.5. The fraction of sp³-hybridized carbons (Fsp3) is 0.235. The van der Waals surface area contributed by atoms with Gasteiger partial charge in [-0.05, 0) is 38.1 Å². The monoisotopic (exact) mass is 364 g/mol. The maximum Gasteiger partial charge on any atom is 0.270 e. The largest absolute Gasteiger partial charge is 0.496 e. The Bertz CT molecular complexity index is 808. The van der Waals surface area contributed by atoms with Crippen LogP contribution in [-0.2, 0) is 0 Å². The molecule has 0 unspecified atom stereocenters. The summed E-state index contributed by atoms with van der Waals surface area (Å²) in [5, 5.41) is 13.9. The minimum absolute atomic E-state index is 0.0351. The molecule has 0 aliphatic carbocycles. The Morgan fingerprint density at radius 1 is 1.20 bits per heavy atom. The average molecular weight is 365 g/mol. The topological polar surface area (TPSA) is 90.7 Å². The van der Waals surface area contributed by atoms with E-state index in [0.717, 1.165) is 6.07 Å². The van der Waals surface area contributed by atoms with Crippen LogP contribution in [0.2, 0.25) is 5.02 Å². The van der Waals surface area contributed by atoms with E-state index < -0.39 is 10.8 Å². The van der Waals surface area contributed by atoms with Crippen molar-refractivity contribution < 1.29 is 19.2 Å². The van der Waals surface area contributed by atoms with Crippen molar-refractivity contribution in [1.29, 1.82) is 0 Å². The fourth-order valence-electron chi connectivity index (χ4n) is 2.11. The van der Waals surface area contributed by atoms with Gasteiger partial charge in [-0.25, -0.2) is 0 Å². The van der Waals surface area contributed by atoms with Gasteiger partial charge >= 0.3 is 0 Å². The van der Waals surface area contributed by atoms with Gasteiger partial charge < -0.3 is 14.8 Å². The maximum atomic E-state index is 12.5. The SMILES string of the molecule is COc1ccc([N+](=O)[O-])cc1C(=O)Nc1ccc(OC(C)C)c(Cl)c1. The van der Waals surface area contributed by atoms with Gasteiger partial charge in [0, 0.05) is 17.8 Å². The number of nitrogens with one attached hydrogen (secondary N) is 1. The van der Waals surface area contributed by atoms with E-state index in [9.17, 15) is 14.9 Å². The predicted octanol–water partition coefficient (Wildman–Crippen LogP) is 4.30. The molecule has 0 bridgehead atoms. The van der Waals surface area contributed by atoms with Crippen molar-refractivity contribution in [2.45, 2.75) is 20.0 Å². The van der Waals surface area contributed by atoms with Gasteiger partial charge in [0.1, 0.15) is 11.5 Å². The number of nitrogens with zero attached hydrogens (tertiary/aromatic N) is 1. The van der Waals surface area contributed by atoms with E-state index in [1.165, 1.54) is 19.2 Å². The highest BCUT2D eigenvalue weighted by Gasteiger charge is 2.18. The Hall–Kier alpha value is -2.80. The number of nitro benzene ring substituents is 1. The van der Waals surface area contributed by atoms with Crippen molar-refractivity contribution in [3.63, 3.8) is 0 Å². The minimum atomic E-state index is -0.578. The molecule has 0 heterocycles. The zero-order chi connectivity index (χ0) is 18.6. The summed E-state index contributed by atoms with van der Waals surface area (Å²) in [5.74, 6) is 0.186. The van der Waals surface area contributed by atoms with Crippen LogP contribution in [-0.4, -0.2) is 24.0 Å². The first-order valence-electron chi connectivity index (χ1n) is 7.41. The maximum absolute atomic E-state index is 12.5. The Balaban J connectivity index is 2.26. The Kier molecular flexibility index (Phi) is 5.82. The van der Waals surface area contributed by atoms with Gasteiger partial charge in [-0.3, -0.25) is 14.9 Å². The molecular weight excluding hydrogens is 348 g/mol. The molecule has 25 heavy (non-hydrogen) atoms. The second-order valence-corrected chi connectivity index (χ2v) is 5.81. The summed E-state index contributed by atoms with van der Waals surface area (Å²) in [6.45, 7) is 3.75. The number of ether oxygens (including phenoxy) is 2. The Morgan fingerprint density at radius 2 is 1.88 bits per heavy atom. The molecule has 0 saturated carbocycles. The lowest BCUT2D eigenvalue weighted by atomic mass is 10.1. The highest BCUT2D eigenvalue weighted by Crippen LogP contribution is 2.30. The molecule has 0 spiro atoms. The summed E-state index contributed by atoms with van der Waals surface area (Å²) >= 11 is 6.14. The molecule has 2 rings (SSSR count). The van der Waals surface area contributed by atoms with Gasteiger partial charge in [-0.2, -0.15) is 0 Å². The molecule has 0 aliphatic heterocycles. The van der Waals surface area contributed by atoms with Crippen molar-refractivity contribution in [2.75, 3.05) is 12.4 Å². The molecule has 0 atom stereocenters. The number of benzene rings is 2. The van der Waals surface area contributed by atoms with Crippen molar-refractivity contribution in [3.8, 4) is 11.5 Å². The number of methoxy groups -OCH3 is 1. The van der Waals surface area contributed by atoms with Crippen LogP contribution in [0.25, 0.3) is 0 Å². The molecule has 8 heteroatoms. The fourth-order valence-corrected chi connectivity index (χ4v) is 2.34. The van der Waals surface area contributed by atoms with Crippen molar-refractivity contribution in [1.82, 2.24) is 0 Å². The number of nitro groups is 1. The summed E-state index contributed by atoms with van der Waals surface area (Å²) in [6, 6.07) is 8.62. The molecule has 0 fully saturated rings. The summed E-state index contributed by atoms with van der Waals surface area (Å²) < 4.78 is 10.6. The zero-order valence-corrected chi connectivity index (χ0v) is 14.7. The minimum Gasteiger partial charge on any atom is -0.496 e. The van der Waals surface area contributed by atoms with Gasteiger partial charge in [0.25, 0.3) is 11.6 Å².